The predicted molar refractivity (Wildman–Crippen MR) is 145 cm³/mol. The number of hydrogen-bond donors (Lipinski definition) is 1. The first-order chi connectivity index (χ1) is 17.6. The molecule has 0 amide bonds. The molecule has 2 unspecified atom stereocenters. The second kappa shape index (κ2) is 9.76. The van der Waals surface area contributed by atoms with Gasteiger partial charge in [-0.25, -0.2) is 4.98 Å². The molecule has 0 radical (unpaired) electrons. The van der Waals surface area contributed by atoms with E-state index in [1.807, 2.05) is 50.6 Å². The van der Waals surface area contributed by atoms with E-state index >= 15 is 0 Å². The van der Waals surface area contributed by atoms with Gasteiger partial charge in [0.2, 0.25) is 0 Å². The standard InChI is InChI=1S/C27H26Cl3N5O2/c1-34(2)15-21(27(36,20-7-9-22(28)10-8-20)25-5-3-4-6-26(25)30)16-35(19-34,33-18-31-17-32-33)37-24-13-11-23(29)12-14-24/h3-15,17-18,36H,16,19H2,1-2H3/q+2. The second-order valence-electron chi connectivity index (χ2n) is 9.64. The average molecular weight is 559 g/mol. The third-order valence-electron chi connectivity index (χ3n) is 6.37. The van der Waals surface area contributed by atoms with E-state index in [-0.39, 0.29) is 11.3 Å². The topological polar surface area (TPSA) is 60.2 Å². The van der Waals surface area contributed by atoms with E-state index in [0.29, 0.717) is 48.7 Å². The molecule has 1 N–H and O–H groups in total. The molecule has 5 rings (SSSR count). The van der Waals surface area contributed by atoms with Crippen molar-refractivity contribution in [1.29, 1.82) is 0 Å². The molecule has 0 bridgehead atoms. The molecular weight excluding hydrogens is 533 g/mol. The van der Waals surface area contributed by atoms with Gasteiger partial charge >= 0.3 is 0 Å². The molecule has 7 nitrogen and oxygen atoms in total. The van der Waals surface area contributed by atoms with Gasteiger partial charge in [0, 0.05) is 25.4 Å². The number of aliphatic hydroxyl groups is 1. The maximum atomic E-state index is 12.7. The van der Waals surface area contributed by atoms with Crippen LogP contribution in [0.1, 0.15) is 11.1 Å². The molecule has 2 heterocycles. The van der Waals surface area contributed by atoms with Gasteiger partial charge in [0.1, 0.15) is 18.1 Å². The van der Waals surface area contributed by atoms with E-state index < -0.39 is 5.60 Å². The first-order valence-electron chi connectivity index (χ1n) is 11.6. The lowest BCUT2D eigenvalue weighted by Crippen LogP contribution is -2.71. The highest BCUT2D eigenvalue weighted by molar-refractivity contribution is 6.31. The molecule has 0 spiro atoms. The molecule has 3 aromatic carbocycles. The molecule has 0 aliphatic carbocycles. The Morgan fingerprint density at radius 1 is 0.919 bits per heavy atom. The third kappa shape index (κ3) is 4.99. The number of rotatable bonds is 6. The Bertz CT molecular complexity index is 1430. The largest absolute Gasteiger partial charge is 0.376 e. The zero-order chi connectivity index (χ0) is 26.3. The van der Waals surface area contributed by atoms with Crippen molar-refractivity contribution >= 4 is 34.8 Å². The minimum absolute atomic E-state index is 0.124. The van der Waals surface area contributed by atoms with Crippen LogP contribution >= 0.6 is 34.8 Å². The summed E-state index contributed by atoms with van der Waals surface area (Å²) in [5, 5.41) is 18.7. The highest BCUT2D eigenvalue weighted by Gasteiger charge is 2.53. The van der Waals surface area contributed by atoms with E-state index in [1.165, 1.54) is 6.33 Å². The lowest BCUT2D eigenvalue weighted by Gasteiger charge is -2.44. The lowest BCUT2D eigenvalue weighted by molar-refractivity contribution is -0.861. The SMILES string of the molecule is C[N+]1(C)C=C(C(O)(c2ccc(Cl)cc2)c2ccccc2Cl)C[N+](Oc2ccc(Cl)cc2)(n2cncn2)C1. The fraction of sp³-hybridized carbons (Fsp3) is 0.185. The summed E-state index contributed by atoms with van der Waals surface area (Å²) < 4.78 is 0.240. The molecule has 1 aromatic heterocycles. The van der Waals surface area contributed by atoms with Crippen molar-refractivity contribution < 1.29 is 14.4 Å². The first kappa shape index (κ1) is 25.7. The summed E-state index contributed by atoms with van der Waals surface area (Å²) in [5.74, 6) is 0.592. The van der Waals surface area contributed by atoms with Gasteiger partial charge in [-0.2, -0.15) is 0 Å². The Morgan fingerprint density at radius 2 is 1.57 bits per heavy atom. The van der Waals surface area contributed by atoms with Crippen LogP contribution < -0.4 is 9.59 Å². The number of aromatic nitrogens is 3. The van der Waals surface area contributed by atoms with Crippen LogP contribution in [0, 0.1) is 0 Å². The summed E-state index contributed by atoms with van der Waals surface area (Å²) in [6.07, 6.45) is 5.11. The fourth-order valence-corrected chi connectivity index (χ4v) is 5.40. The van der Waals surface area contributed by atoms with Gasteiger partial charge in [0.15, 0.2) is 18.6 Å². The minimum Gasteiger partial charge on any atom is -0.376 e. The number of hydroxylamine groups is 2. The van der Waals surface area contributed by atoms with Crippen LogP contribution in [0.2, 0.25) is 15.1 Å². The lowest BCUT2D eigenvalue weighted by atomic mass is 9.79. The maximum Gasteiger partial charge on any atom is 0.276 e. The summed E-state index contributed by atoms with van der Waals surface area (Å²) in [5.41, 5.74) is 0.257. The Balaban J connectivity index is 1.71. The van der Waals surface area contributed by atoms with Gasteiger partial charge in [0.25, 0.3) is 6.67 Å². The molecule has 1 aliphatic heterocycles. The molecular formula is C27H26Cl3N5O2+2. The van der Waals surface area contributed by atoms with Crippen LogP contribution in [0.25, 0.3) is 0 Å². The normalized spacial score (nSPS) is 20.6. The molecule has 37 heavy (non-hydrogen) atoms. The Morgan fingerprint density at radius 3 is 2.19 bits per heavy atom. The number of benzene rings is 3. The van der Waals surface area contributed by atoms with Crippen molar-refractivity contribution in [3.8, 4) is 5.75 Å². The molecule has 2 atom stereocenters. The molecule has 4 aromatic rings. The van der Waals surface area contributed by atoms with Gasteiger partial charge < -0.3 is 5.11 Å². The van der Waals surface area contributed by atoms with Gasteiger partial charge in [-0.05, 0) is 52.8 Å². The zero-order valence-corrected chi connectivity index (χ0v) is 22.6. The smallest absolute Gasteiger partial charge is 0.276 e. The highest BCUT2D eigenvalue weighted by Crippen LogP contribution is 2.43. The van der Waals surface area contributed by atoms with Crippen molar-refractivity contribution in [2.45, 2.75) is 5.60 Å². The maximum absolute atomic E-state index is 12.7. The van der Waals surface area contributed by atoms with Gasteiger partial charge in [-0.1, -0.05) is 65.1 Å². The van der Waals surface area contributed by atoms with Crippen LogP contribution in [0.4, 0.5) is 0 Å². The predicted octanol–water partition coefficient (Wildman–Crippen LogP) is 5.54. The monoisotopic (exact) mass is 557 g/mol. The zero-order valence-electron chi connectivity index (χ0n) is 20.3. The summed E-state index contributed by atoms with van der Waals surface area (Å²) in [6, 6.07) is 21.6. The van der Waals surface area contributed by atoms with Crippen molar-refractivity contribution in [2.75, 3.05) is 27.3 Å². The van der Waals surface area contributed by atoms with E-state index in [9.17, 15) is 5.11 Å². The Labute approximate surface area is 230 Å². The summed E-state index contributed by atoms with van der Waals surface area (Å²) in [7, 11) is 4.06. The number of halogens is 3. The molecule has 10 heteroatoms. The molecule has 0 fully saturated rings. The fourth-order valence-electron chi connectivity index (χ4n) is 4.88. The van der Waals surface area contributed by atoms with E-state index in [2.05, 4.69) is 10.1 Å². The quantitative estimate of drug-likeness (QED) is 0.316. The minimum atomic E-state index is -1.59. The van der Waals surface area contributed by atoms with Crippen molar-refractivity contribution in [2.24, 2.45) is 0 Å². The highest BCUT2D eigenvalue weighted by atomic mass is 35.5. The van der Waals surface area contributed by atoms with Crippen LogP contribution in [0.5, 0.6) is 5.75 Å². The van der Waals surface area contributed by atoms with Gasteiger partial charge in [-0.15, -0.1) is 5.10 Å². The van der Waals surface area contributed by atoms with Gasteiger partial charge in [-0.3, -0.25) is 9.32 Å². The van der Waals surface area contributed by atoms with Crippen molar-refractivity contribution in [3.05, 3.63) is 123 Å². The summed E-state index contributed by atoms with van der Waals surface area (Å²) >= 11 is 19.0. The van der Waals surface area contributed by atoms with E-state index in [0.717, 1.165) is 0 Å². The van der Waals surface area contributed by atoms with Crippen LogP contribution in [0.3, 0.4) is 0 Å². The van der Waals surface area contributed by atoms with Crippen molar-refractivity contribution in [3.63, 3.8) is 0 Å². The number of quaternary nitrogens is 2. The molecule has 0 saturated carbocycles. The van der Waals surface area contributed by atoms with Crippen molar-refractivity contribution in [1.82, 2.24) is 19.6 Å². The average Bonchev–Trinajstić information content (AvgIpc) is 3.41. The third-order valence-corrected chi connectivity index (χ3v) is 7.20. The summed E-state index contributed by atoms with van der Waals surface area (Å²) in [6.45, 7) is 0.687. The molecule has 1 aliphatic rings. The molecule has 0 saturated heterocycles. The molecule has 190 valence electrons. The van der Waals surface area contributed by atoms with Crippen LogP contribution in [0.15, 0.2) is 97.2 Å². The van der Waals surface area contributed by atoms with Crippen LogP contribution in [-0.4, -0.2) is 51.8 Å². The second-order valence-corrected chi connectivity index (χ2v) is 10.9. The van der Waals surface area contributed by atoms with Gasteiger partial charge in [0.05, 0.1) is 19.7 Å². The van der Waals surface area contributed by atoms with E-state index in [1.54, 1.807) is 53.6 Å². The Kier molecular flexibility index (Phi) is 6.79. The first-order valence-corrected chi connectivity index (χ1v) is 12.7. The number of nitrogens with zero attached hydrogens (tertiary/aromatic N) is 5. The Hall–Kier alpha value is -2.91. The number of hydrogen-bond acceptors (Lipinski definition) is 4. The van der Waals surface area contributed by atoms with Crippen LogP contribution in [-0.2, 0) is 5.60 Å². The van der Waals surface area contributed by atoms with E-state index in [4.69, 9.17) is 39.6 Å². The summed E-state index contributed by atoms with van der Waals surface area (Å²) in [4.78, 5) is 12.5.